The van der Waals surface area contributed by atoms with Gasteiger partial charge in [0.2, 0.25) is 10.0 Å². The molecule has 0 unspecified atom stereocenters. The second-order valence-corrected chi connectivity index (χ2v) is 10.1. The lowest BCUT2D eigenvalue weighted by molar-refractivity contribution is 0.0950. The van der Waals surface area contributed by atoms with E-state index in [-0.39, 0.29) is 16.8 Å². The zero-order chi connectivity index (χ0) is 21.3. The van der Waals surface area contributed by atoms with Crippen LogP contribution in [0.25, 0.3) is 0 Å². The molecule has 2 aliphatic rings. The van der Waals surface area contributed by atoms with Crippen LogP contribution < -0.4 is 20.1 Å². The third kappa shape index (κ3) is 3.96. The molecule has 9 nitrogen and oxygen atoms in total. The van der Waals surface area contributed by atoms with Crippen LogP contribution >= 0.6 is 11.3 Å². The van der Waals surface area contributed by atoms with Crippen LogP contribution in [0.2, 0.25) is 0 Å². The van der Waals surface area contributed by atoms with Crippen LogP contribution in [-0.4, -0.2) is 63.5 Å². The molecule has 1 saturated heterocycles. The van der Waals surface area contributed by atoms with Crippen molar-refractivity contribution in [1.82, 2.24) is 14.6 Å². The van der Waals surface area contributed by atoms with Gasteiger partial charge >= 0.3 is 0 Å². The van der Waals surface area contributed by atoms with Gasteiger partial charge in [0.05, 0.1) is 24.8 Å². The van der Waals surface area contributed by atoms with Gasteiger partial charge in [-0.15, -0.1) is 0 Å². The molecule has 1 amide bonds. The molecule has 0 saturated carbocycles. The number of carbonyl (C=O) groups excluding carboxylic acids is 1. The fraction of sp³-hybridized carbons (Fsp3) is 0.474. The number of hydrogen-bond acceptors (Lipinski definition) is 8. The van der Waals surface area contributed by atoms with Crippen molar-refractivity contribution < 1.29 is 22.7 Å². The number of rotatable bonds is 6. The number of aromatic nitrogens is 1. The van der Waals surface area contributed by atoms with E-state index in [1.54, 1.807) is 6.07 Å². The van der Waals surface area contributed by atoms with Crippen molar-refractivity contribution in [2.45, 2.75) is 30.2 Å². The number of piperidine rings is 1. The van der Waals surface area contributed by atoms with Gasteiger partial charge in [-0.25, -0.2) is 13.4 Å². The van der Waals surface area contributed by atoms with E-state index in [2.05, 4.69) is 15.6 Å². The third-order valence-corrected chi connectivity index (χ3v) is 8.25. The normalized spacial score (nSPS) is 17.9. The zero-order valence-corrected chi connectivity index (χ0v) is 18.4. The van der Waals surface area contributed by atoms with E-state index in [0.29, 0.717) is 48.9 Å². The fourth-order valence-corrected chi connectivity index (χ4v) is 6.17. The molecule has 1 aromatic heterocycles. The number of amides is 1. The molecule has 0 spiro atoms. The summed E-state index contributed by atoms with van der Waals surface area (Å²) in [5.41, 5.74) is 0.833. The lowest BCUT2D eigenvalue weighted by Crippen LogP contribution is -2.42. The summed E-state index contributed by atoms with van der Waals surface area (Å²) in [6, 6.07) is 4.73. The van der Waals surface area contributed by atoms with Crippen LogP contribution in [0, 0.1) is 0 Å². The molecule has 1 fully saturated rings. The second-order valence-electron chi connectivity index (χ2n) is 7.14. The summed E-state index contributed by atoms with van der Waals surface area (Å²) in [4.78, 5) is 17.3. The molecule has 3 heterocycles. The summed E-state index contributed by atoms with van der Waals surface area (Å²) < 4.78 is 38.0. The predicted octanol–water partition coefficient (Wildman–Crippen LogP) is 1.71. The maximum atomic E-state index is 13.0. The Bertz CT molecular complexity index is 1050. The molecule has 4 rings (SSSR count). The minimum Gasteiger partial charge on any atom is -0.493 e. The van der Waals surface area contributed by atoms with Crippen LogP contribution in [-0.2, 0) is 16.4 Å². The van der Waals surface area contributed by atoms with Gasteiger partial charge in [-0.3, -0.25) is 4.79 Å². The summed E-state index contributed by atoms with van der Waals surface area (Å²) in [5, 5.41) is 6.92. The van der Waals surface area contributed by atoms with Gasteiger partial charge < -0.3 is 20.1 Å². The number of nitrogens with zero attached hydrogens (tertiary/aromatic N) is 2. The summed E-state index contributed by atoms with van der Waals surface area (Å²) in [5.74, 6) is 0.795. The van der Waals surface area contributed by atoms with E-state index < -0.39 is 10.0 Å². The Morgan fingerprint density at radius 1 is 1.20 bits per heavy atom. The molecular weight excluding hydrogens is 428 g/mol. The average molecular weight is 453 g/mol. The molecule has 0 atom stereocenters. The van der Waals surface area contributed by atoms with Crippen LogP contribution in [0.15, 0.2) is 23.1 Å². The van der Waals surface area contributed by atoms with Crippen molar-refractivity contribution >= 4 is 32.4 Å². The number of nitrogens with one attached hydrogen (secondary N) is 2. The second kappa shape index (κ2) is 8.40. The standard InChI is InChI=1S/C19H24N4O5S2/c1-27-15-4-3-13(11-16(15)28-2)30(25,26)23-9-6-12(7-10-23)21-19-22-14-5-8-20-18(24)17(14)29-19/h3-4,11-12H,5-10H2,1-2H3,(H,20,24)(H,21,22). The van der Waals surface area contributed by atoms with E-state index in [1.165, 1.54) is 42.0 Å². The SMILES string of the molecule is COc1ccc(S(=O)(=O)N2CCC(Nc3nc4c(s3)C(=O)NCC4)CC2)cc1OC. The first-order valence-corrected chi connectivity index (χ1v) is 11.9. The predicted molar refractivity (Wildman–Crippen MR) is 113 cm³/mol. The van der Waals surface area contributed by atoms with Crippen molar-refractivity contribution in [2.75, 3.05) is 39.2 Å². The minimum absolute atomic E-state index is 0.0716. The van der Waals surface area contributed by atoms with Crippen LogP contribution in [0.5, 0.6) is 11.5 Å². The quantitative estimate of drug-likeness (QED) is 0.687. The molecule has 0 aliphatic carbocycles. The first kappa shape index (κ1) is 20.9. The van der Waals surface area contributed by atoms with E-state index in [4.69, 9.17) is 9.47 Å². The highest BCUT2D eigenvalue weighted by molar-refractivity contribution is 7.89. The Labute approximate surface area is 179 Å². The van der Waals surface area contributed by atoms with Gasteiger partial charge in [0.15, 0.2) is 16.6 Å². The molecule has 2 aromatic rings. The van der Waals surface area contributed by atoms with Crippen molar-refractivity contribution in [3.8, 4) is 11.5 Å². The minimum atomic E-state index is -3.62. The van der Waals surface area contributed by atoms with E-state index >= 15 is 0 Å². The van der Waals surface area contributed by atoms with Gasteiger partial charge in [0, 0.05) is 38.2 Å². The Morgan fingerprint density at radius 2 is 1.93 bits per heavy atom. The average Bonchev–Trinajstić information content (AvgIpc) is 3.17. The Kier molecular flexibility index (Phi) is 5.85. The summed E-state index contributed by atoms with van der Waals surface area (Å²) >= 11 is 1.36. The summed E-state index contributed by atoms with van der Waals surface area (Å²) in [6.45, 7) is 1.42. The van der Waals surface area contributed by atoms with Crippen LogP contribution in [0.3, 0.4) is 0 Å². The Hall–Kier alpha value is -2.37. The molecule has 2 aliphatic heterocycles. The van der Waals surface area contributed by atoms with Crippen molar-refractivity contribution in [1.29, 1.82) is 0 Å². The Balaban J connectivity index is 1.41. The van der Waals surface area contributed by atoms with E-state index in [0.717, 1.165) is 17.2 Å². The summed E-state index contributed by atoms with van der Waals surface area (Å²) in [7, 11) is -0.635. The third-order valence-electron chi connectivity index (χ3n) is 5.33. The van der Waals surface area contributed by atoms with Crippen molar-refractivity contribution in [2.24, 2.45) is 0 Å². The molecule has 0 bridgehead atoms. The molecule has 30 heavy (non-hydrogen) atoms. The first-order valence-electron chi connectivity index (χ1n) is 9.69. The van der Waals surface area contributed by atoms with Crippen molar-refractivity contribution in [3.05, 3.63) is 28.8 Å². The molecule has 0 radical (unpaired) electrons. The number of anilines is 1. The molecule has 11 heteroatoms. The van der Waals surface area contributed by atoms with Crippen LogP contribution in [0.1, 0.15) is 28.2 Å². The first-order chi connectivity index (χ1) is 14.4. The monoisotopic (exact) mass is 452 g/mol. The molecule has 2 N–H and O–H groups in total. The maximum absolute atomic E-state index is 13.0. The number of benzene rings is 1. The maximum Gasteiger partial charge on any atom is 0.263 e. The zero-order valence-electron chi connectivity index (χ0n) is 16.8. The van der Waals surface area contributed by atoms with Crippen LogP contribution in [0.4, 0.5) is 5.13 Å². The number of sulfonamides is 1. The van der Waals surface area contributed by atoms with Gasteiger partial charge in [0.25, 0.3) is 5.91 Å². The smallest absolute Gasteiger partial charge is 0.263 e. The fourth-order valence-electron chi connectivity index (χ4n) is 3.68. The number of hydrogen-bond donors (Lipinski definition) is 2. The van der Waals surface area contributed by atoms with E-state index in [9.17, 15) is 13.2 Å². The number of methoxy groups -OCH3 is 2. The number of carbonyl (C=O) groups is 1. The highest BCUT2D eigenvalue weighted by Crippen LogP contribution is 2.32. The number of fused-ring (bicyclic) bond motifs is 1. The highest BCUT2D eigenvalue weighted by Gasteiger charge is 2.31. The molecule has 162 valence electrons. The lowest BCUT2D eigenvalue weighted by atomic mass is 10.1. The van der Waals surface area contributed by atoms with Gasteiger partial charge in [-0.2, -0.15) is 4.31 Å². The van der Waals surface area contributed by atoms with Gasteiger partial charge in [0.1, 0.15) is 4.88 Å². The van der Waals surface area contributed by atoms with Crippen molar-refractivity contribution in [3.63, 3.8) is 0 Å². The molecular formula is C19H24N4O5S2. The highest BCUT2D eigenvalue weighted by atomic mass is 32.2. The van der Waals surface area contributed by atoms with Gasteiger partial charge in [-0.05, 0) is 25.0 Å². The lowest BCUT2D eigenvalue weighted by Gasteiger charge is -2.31. The summed E-state index contributed by atoms with van der Waals surface area (Å²) in [6.07, 6.45) is 2.05. The topological polar surface area (TPSA) is 110 Å². The number of ether oxygens (including phenoxy) is 2. The number of thiazole rings is 1. The largest absolute Gasteiger partial charge is 0.493 e. The molecule has 1 aromatic carbocycles. The van der Waals surface area contributed by atoms with Gasteiger partial charge in [-0.1, -0.05) is 11.3 Å². The van der Waals surface area contributed by atoms with E-state index in [1.807, 2.05) is 0 Å². The Morgan fingerprint density at radius 3 is 2.60 bits per heavy atom.